The van der Waals surface area contributed by atoms with E-state index >= 15 is 0 Å². The van der Waals surface area contributed by atoms with E-state index in [1.54, 1.807) is 4.68 Å². The van der Waals surface area contributed by atoms with E-state index in [0.29, 0.717) is 18.7 Å². The minimum atomic E-state index is -0.316. The third kappa shape index (κ3) is 8.21. The summed E-state index contributed by atoms with van der Waals surface area (Å²) < 4.78 is 10.4. The second-order valence-corrected chi connectivity index (χ2v) is 13.7. The van der Waals surface area contributed by atoms with Gasteiger partial charge in [-0.1, -0.05) is 69.4 Å². The van der Waals surface area contributed by atoms with Crippen molar-refractivity contribution in [1.29, 1.82) is 0 Å². The van der Waals surface area contributed by atoms with Crippen molar-refractivity contribution < 1.29 is 9.53 Å². The molecule has 0 unspecified atom stereocenters. The highest BCUT2D eigenvalue weighted by Crippen LogP contribution is 2.27. The lowest BCUT2D eigenvalue weighted by Crippen LogP contribution is -2.43. The first-order valence-electron chi connectivity index (χ1n) is 16.8. The van der Waals surface area contributed by atoms with Gasteiger partial charge in [-0.25, -0.2) is 9.48 Å². The molecule has 2 amide bonds. The van der Waals surface area contributed by atoms with Crippen molar-refractivity contribution in [3.05, 3.63) is 102 Å². The fraction of sp³-hybridized carbons (Fsp3) is 0.405. The molecule has 1 aliphatic heterocycles. The van der Waals surface area contributed by atoms with Crippen molar-refractivity contribution in [2.24, 2.45) is 0 Å². The Balaban J connectivity index is 1.14. The van der Waals surface area contributed by atoms with E-state index < -0.39 is 0 Å². The van der Waals surface area contributed by atoms with Crippen molar-refractivity contribution in [1.82, 2.24) is 39.9 Å². The van der Waals surface area contributed by atoms with Gasteiger partial charge in [0.05, 0.1) is 30.2 Å². The van der Waals surface area contributed by atoms with E-state index in [2.05, 4.69) is 64.5 Å². The fourth-order valence-electron chi connectivity index (χ4n) is 5.92. The molecular weight excluding hydrogens is 602 g/mol. The molecule has 3 N–H and O–H groups in total. The highest BCUT2D eigenvalue weighted by molar-refractivity contribution is 5.89. The number of carbonyl (C=O) groups is 1. The van der Waals surface area contributed by atoms with Gasteiger partial charge in [0, 0.05) is 44.1 Å². The summed E-state index contributed by atoms with van der Waals surface area (Å²) >= 11 is 0. The number of piperazine rings is 1. The number of hydrogen-bond acceptors (Lipinski definition) is 7. The molecule has 0 bridgehead atoms. The molecule has 2 aliphatic rings. The lowest BCUT2D eigenvalue weighted by molar-refractivity contribution is 0.186. The second kappa shape index (κ2) is 14.6. The number of hydrogen-bond donors (Lipinski definition) is 3. The number of allylic oxidation sites excluding steroid dienone is 2. The van der Waals surface area contributed by atoms with Gasteiger partial charge < -0.3 is 15.4 Å². The number of pyridine rings is 1. The van der Waals surface area contributed by atoms with Crippen LogP contribution in [0.3, 0.4) is 0 Å². The number of aromatic nitrogens is 5. The maximum Gasteiger partial charge on any atom is 0.320 e. The van der Waals surface area contributed by atoms with E-state index in [9.17, 15) is 4.79 Å². The molecule has 6 rings (SSSR count). The Labute approximate surface area is 282 Å². The van der Waals surface area contributed by atoms with Crippen LogP contribution < -0.4 is 20.7 Å². The summed E-state index contributed by atoms with van der Waals surface area (Å²) in [6, 6.07) is 13.3. The molecule has 1 aromatic carbocycles. The van der Waals surface area contributed by atoms with Crippen LogP contribution in [-0.2, 0) is 12.0 Å². The van der Waals surface area contributed by atoms with Crippen LogP contribution in [0.2, 0.25) is 0 Å². The first-order chi connectivity index (χ1) is 23.1. The number of rotatable bonds is 7. The number of anilines is 1. The number of carbonyl (C=O) groups excluding carboxylic acids is 1. The zero-order valence-corrected chi connectivity index (χ0v) is 28.4. The number of nitrogens with zero attached hydrogens (tertiary/aromatic N) is 6. The largest absolute Gasteiger partial charge is 0.489 e. The smallest absolute Gasteiger partial charge is 0.320 e. The summed E-state index contributed by atoms with van der Waals surface area (Å²) in [5.74, 6) is 2.26. The van der Waals surface area contributed by atoms with Gasteiger partial charge in [-0.3, -0.25) is 14.6 Å². The van der Waals surface area contributed by atoms with E-state index in [4.69, 9.17) is 9.84 Å². The summed E-state index contributed by atoms with van der Waals surface area (Å²) in [4.78, 5) is 15.9. The summed E-state index contributed by atoms with van der Waals surface area (Å²) in [6.07, 6.45) is 12.0. The average Bonchev–Trinajstić information content (AvgIpc) is 3.67. The van der Waals surface area contributed by atoms with E-state index in [-0.39, 0.29) is 23.6 Å². The topological polar surface area (TPSA) is 114 Å². The SMILES string of the molecule is C=C1/C=C\C=C/C[C@H](Oc2ccc3nnc(CN4CCNCC4)n3c2)CC[C@@H]1NC(=O)Nc1cc(C(C)(C)C)nn1-c1ccc(C)cc1. The van der Waals surface area contributed by atoms with Crippen LogP contribution in [0.4, 0.5) is 10.6 Å². The molecule has 11 heteroatoms. The summed E-state index contributed by atoms with van der Waals surface area (Å²) in [7, 11) is 0. The Morgan fingerprint density at radius 3 is 2.62 bits per heavy atom. The maximum atomic E-state index is 13.5. The summed E-state index contributed by atoms with van der Waals surface area (Å²) in [5, 5.41) is 23.3. The monoisotopic (exact) mass is 649 g/mol. The molecule has 0 radical (unpaired) electrons. The molecule has 2 atom stereocenters. The Morgan fingerprint density at radius 2 is 1.85 bits per heavy atom. The number of aryl methyl sites for hydroxylation is 1. The molecule has 3 aromatic heterocycles. The van der Waals surface area contributed by atoms with Crippen LogP contribution >= 0.6 is 0 Å². The zero-order chi connectivity index (χ0) is 33.7. The predicted octanol–water partition coefficient (Wildman–Crippen LogP) is 5.72. The minimum Gasteiger partial charge on any atom is -0.489 e. The van der Waals surface area contributed by atoms with Gasteiger partial charge in [-0.2, -0.15) is 5.10 Å². The third-order valence-electron chi connectivity index (χ3n) is 8.81. The molecule has 4 aromatic rings. The van der Waals surface area contributed by atoms with Gasteiger partial charge >= 0.3 is 6.03 Å². The van der Waals surface area contributed by atoms with E-state index in [1.165, 1.54) is 0 Å². The number of nitrogens with one attached hydrogen (secondary N) is 3. The second-order valence-electron chi connectivity index (χ2n) is 13.7. The fourth-order valence-corrected chi connectivity index (χ4v) is 5.92. The van der Waals surface area contributed by atoms with Crippen molar-refractivity contribution in [2.45, 2.75) is 71.1 Å². The molecule has 1 fully saturated rings. The number of ether oxygens (including phenoxy) is 1. The van der Waals surface area contributed by atoms with Gasteiger partial charge in [0.15, 0.2) is 11.5 Å². The van der Waals surface area contributed by atoms with E-state index in [0.717, 1.165) is 78.9 Å². The van der Waals surface area contributed by atoms with Crippen molar-refractivity contribution >= 4 is 17.5 Å². The van der Waals surface area contributed by atoms with Crippen molar-refractivity contribution in [2.75, 3.05) is 31.5 Å². The van der Waals surface area contributed by atoms with Gasteiger partial charge in [-0.05, 0) is 49.6 Å². The highest BCUT2D eigenvalue weighted by atomic mass is 16.5. The molecule has 1 aliphatic carbocycles. The van der Waals surface area contributed by atoms with Gasteiger partial charge in [0.25, 0.3) is 0 Å². The quantitative estimate of drug-likeness (QED) is 0.235. The Morgan fingerprint density at radius 1 is 1.06 bits per heavy atom. The Bertz CT molecular complexity index is 1790. The first-order valence-corrected chi connectivity index (χ1v) is 16.8. The predicted molar refractivity (Wildman–Crippen MR) is 190 cm³/mol. The molecule has 11 nitrogen and oxygen atoms in total. The summed E-state index contributed by atoms with van der Waals surface area (Å²) in [6.45, 7) is 17.3. The van der Waals surface area contributed by atoms with Crippen LogP contribution in [0, 0.1) is 6.92 Å². The van der Waals surface area contributed by atoms with Crippen LogP contribution in [-0.4, -0.2) is 73.6 Å². The lowest BCUT2D eigenvalue weighted by Gasteiger charge is -2.26. The molecule has 252 valence electrons. The molecule has 0 saturated carbocycles. The van der Waals surface area contributed by atoms with Gasteiger partial charge in [0.2, 0.25) is 0 Å². The number of urea groups is 1. The third-order valence-corrected chi connectivity index (χ3v) is 8.81. The van der Waals surface area contributed by atoms with Gasteiger partial charge in [-0.15, -0.1) is 10.2 Å². The van der Waals surface area contributed by atoms with Crippen LogP contribution in [0.15, 0.2) is 85.1 Å². The molecular formula is C37H47N9O2. The minimum absolute atomic E-state index is 0.101. The first kappa shape index (κ1) is 33.2. The zero-order valence-electron chi connectivity index (χ0n) is 28.4. The Hall–Kier alpha value is -4.74. The molecule has 1 saturated heterocycles. The lowest BCUT2D eigenvalue weighted by atomic mass is 9.92. The molecule has 4 heterocycles. The van der Waals surface area contributed by atoms with Crippen LogP contribution in [0.5, 0.6) is 5.75 Å². The normalized spacial score (nSPS) is 20.7. The molecule has 0 spiro atoms. The highest BCUT2D eigenvalue weighted by Gasteiger charge is 2.24. The van der Waals surface area contributed by atoms with Crippen LogP contribution in [0.25, 0.3) is 11.3 Å². The van der Waals surface area contributed by atoms with E-state index in [1.807, 2.05) is 78.2 Å². The van der Waals surface area contributed by atoms with Crippen LogP contribution in [0.1, 0.15) is 57.1 Å². The molecule has 48 heavy (non-hydrogen) atoms. The number of fused-ring (bicyclic) bond motifs is 1. The number of benzene rings is 1. The van der Waals surface area contributed by atoms with Crippen molar-refractivity contribution in [3.63, 3.8) is 0 Å². The summed E-state index contributed by atoms with van der Waals surface area (Å²) in [5.41, 5.74) is 4.35. The maximum absolute atomic E-state index is 13.5. The number of amides is 2. The average molecular weight is 650 g/mol. The Kier molecular flexibility index (Phi) is 10.1. The van der Waals surface area contributed by atoms with Gasteiger partial charge in [0.1, 0.15) is 17.7 Å². The van der Waals surface area contributed by atoms with Crippen molar-refractivity contribution in [3.8, 4) is 11.4 Å². The standard InChI is InChI=1S/C37H47N9O2/c1-26-11-13-28(14-12-26)46-34(23-32(43-46)37(3,4)5)40-36(47)39-31-17-15-29(10-8-6-7-9-27(31)2)48-30-16-18-33-41-42-35(45(33)24-30)25-44-21-19-38-20-22-44/h6-9,11-14,16,18,23-24,29,31,38H,2,10,15,17,19-22,25H2,1,3-5H3,(H2,39,40,47)/b8-6-,9-7-/t29-,31-/m0/s1.